The Morgan fingerprint density at radius 3 is 3.11 bits per heavy atom. The van der Waals surface area contributed by atoms with Crippen molar-refractivity contribution in [2.24, 2.45) is 5.92 Å². The fourth-order valence-electron chi connectivity index (χ4n) is 2.12. The van der Waals surface area contributed by atoms with Crippen LogP contribution in [0.3, 0.4) is 0 Å². The Labute approximate surface area is 113 Å². The van der Waals surface area contributed by atoms with Crippen molar-refractivity contribution in [3.05, 3.63) is 11.8 Å². The third kappa shape index (κ3) is 3.75. The molecule has 8 heteroatoms. The predicted molar refractivity (Wildman–Crippen MR) is 70.1 cm³/mol. The highest BCUT2D eigenvalue weighted by molar-refractivity contribution is 7.89. The number of rotatable bonds is 6. The first kappa shape index (κ1) is 14.4. The van der Waals surface area contributed by atoms with E-state index in [9.17, 15) is 8.42 Å². The molecule has 0 bridgehead atoms. The Morgan fingerprint density at radius 2 is 2.42 bits per heavy atom. The molecule has 0 aromatic carbocycles. The molecule has 0 saturated carbocycles. The minimum atomic E-state index is -3.53. The van der Waals surface area contributed by atoms with Crippen molar-refractivity contribution in [2.45, 2.75) is 24.4 Å². The summed E-state index contributed by atoms with van der Waals surface area (Å²) in [6, 6.07) is 0. The number of H-pyrrole nitrogens is 1. The van der Waals surface area contributed by atoms with E-state index in [0.717, 1.165) is 19.4 Å². The van der Waals surface area contributed by atoms with Crippen LogP contribution in [0.15, 0.2) is 11.2 Å². The predicted octanol–water partition coefficient (Wildman–Crippen LogP) is -0.166. The molecular weight excluding hydrogens is 268 g/mol. The molecule has 0 spiro atoms. The topological polar surface area (TPSA) is 96.1 Å². The van der Waals surface area contributed by atoms with Gasteiger partial charge < -0.3 is 10.1 Å². The van der Waals surface area contributed by atoms with Crippen LogP contribution in [-0.2, 0) is 21.3 Å². The number of aromatic nitrogens is 2. The molecule has 1 aromatic rings. The summed E-state index contributed by atoms with van der Waals surface area (Å²) in [6.07, 6.45) is 3.51. The van der Waals surface area contributed by atoms with Gasteiger partial charge in [0.25, 0.3) is 10.0 Å². The summed E-state index contributed by atoms with van der Waals surface area (Å²) in [5.41, 5.74) is 0.634. The Kier molecular flexibility index (Phi) is 4.92. The quantitative estimate of drug-likeness (QED) is 0.675. The minimum absolute atomic E-state index is 0.138. The molecular formula is C11H20N4O3S. The molecule has 1 aliphatic rings. The lowest BCUT2D eigenvalue weighted by Gasteiger charge is -2.22. The van der Waals surface area contributed by atoms with Gasteiger partial charge in [0.15, 0.2) is 5.03 Å². The van der Waals surface area contributed by atoms with E-state index in [1.165, 1.54) is 6.20 Å². The normalized spacial score (nSPS) is 20.6. The lowest BCUT2D eigenvalue weighted by atomic mass is 10.0. The zero-order valence-corrected chi connectivity index (χ0v) is 11.8. The molecule has 3 N–H and O–H groups in total. The molecule has 108 valence electrons. The summed E-state index contributed by atoms with van der Waals surface area (Å²) >= 11 is 0. The molecule has 1 aliphatic heterocycles. The molecule has 1 saturated heterocycles. The maximum Gasteiger partial charge on any atom is 0.257 e. The SMILES string of the molecule is CNCc1cn[nH]c1S(=O)(=O)NCC1CCCOC1. The molecule has 2 heterocycles. The molecule has 1 aromatic heterocycles. The van der Waals surface area contributed by atoms with Gasteiger partial charge in [0.05, 0.1) is 12.8 Å². The lowest BCUT2D eigenvalue weighted by molar-refractivity contribution is 0.0568. The second-order valence-corrected chi connectivity index (χ2v) is 6.39. The van der Waals surface area contributed by atoms with Crippen LogP contribution in [0.4, 0.5) is 0 Å². The minimum Gasteiger partial charge on any atom is -0.381 e. The van der Waals surface area contributed by atoms with Crippen molar-refractivity contribution in [1.82, 2.24) is 20.2 Å². The van der Waals surface area contributed by atoms with E-state index in [1.807, 2.05) is 0 Å². The molecule has 2 rings (SSSR count). The van der Waals surface area contributed by atoms with Gasteiger partial charge in [-0.1, -0.05) is 0 Å². The largest absolute Gasteiger partial charge is 0.381 e. The molecule has 0 radical (unpaired) electrons. The van der Waals surface area contributed by atoms with Crippen LogP contribution >= 0.6 is 0 Å². The van der Waals surface area contributed by atoms with Crippen LogP contribution in [0.25, 0.3) is 0 Å². The molecule has 0 amide bonds. The number of hydrogen-bond acceptors (Lipinski definition) is 5. The Bertz CT molecular complexity index is 494. The maximum atomic E-state index is 12.2. The molecule has 1 fully saturated rings. The highest BCUT2D eigenvalue weighted by Crippen LogP contribution is 2.15. The van der Waals surface area contributed by atoms with Crippen molar-refractivity contribution in [3.8, 4) is 0 Å². The van der Waals surface area contributed by atoms with Gasteiger partial charge >= 0.3 is 0 Å². The smallest absolute Gasteiger partial charge is 0.257 e. The number of aromatic amines is 1. The Balaban J connectivity index is 1.98. The van der Waals surface area contributed by atoms with Crippen LogP contribution in [0.1, 0.15) is 18.4 Å². The Hall–Kier alpha value is -0.960. The average molecular weight is 288 g/mol. The lowest BCUT2D eigenvalue weighted by Crippen LogP contribution is -2.34. The second-order valence-electron chi connectivity index (χ2n) is 4.69. The van der Waals surface area contributed by atoms with E-state index in [-0.39, 0.29) is 10.9 Å². The van der Waals surface area contributed by atoms with E-state index in [1.54, 1.807) is 7.05 Å². The third-order valence-corrected chi connectivity index (χ3v) is 4.57. The molecule has 1 unspecified atom stereocenters. The summed E-state index contributed by atoms with van der Waals surface area (Å²) in [4.78, 5) is 0. The van der Waals surface area contributed by atoms with Crippen LogP contribution in [0.2, 0.25) is 0 Å². The monoisotopic (exact) mass is 288 g/mol. The number of nitrogens with one attached hydrogen (secondary N) is 3. The van der Waals surface area contributed by atoms with Gasteiger partial charge in [-0.05, 0) is 25.8 Å². The maximum absolute atomic E-state index is 12.2. The Morgan fingerprint density at radius 1 is 1.58 bits per heavy atom. The van der Waals surface area contributed by atoms with E-state index >= 15 is 0 Å². The highest BCUT2D eigenvalue weighted by atomic mass is 32.2. The number of sulfonamides is 1. The van der Waals surface area contributed by atoms with Gasteiger partial charge in [0.2, 0.25) is 0 Å². The van der Waals surface area contributed by atoms with Crippen LogP contribution in [0, 0.1) is 5.92 Å². The first-order valence-corrected chi connectivity index (χ1v) is 7.86. The van der Waals surface area contributed by atoms with E-state index in [4.69, 9.17) is 4.74 Å². The van der Waals surface area contributed by atoms with Crippen molar-refractivity contribution >= 4 is 10.0 Å². The van der Waals surface area contributed by atoms with Gasteiger partial charge in [0.1, 0.15) is 0 Å². The highest BCUT2D eigenvalue weighted by Gasteiger charge is 2.22. The fourth-order valence-corrected chi connectivity index (χ4v) is 3.36. The van der Waals surface area contributed by atoms with Gasteiger partial charge in [-0.3, -0.25) is 5.10 Å². The number of nitrogens with zero attached hydrogens (tertiary/aromatic N) is 1. The molecule has 0 aliphatic carbocycles. The number of hydrogen-bond donors (Lipinski definition) is 3. The van der Waals surface area contributed by atoms with Crippen LogP contribution in [0.5, 0.6) is 0 Å². The van der Waals surface area contributed by atoms with E-state index in [2.05, 4.69) is 20.2 Å². The number of ether oxygens (including phenoxy) is 1. The van der Waals surface area contributed by atoms with Crippen molar-refractivity contribution < 1.29 is 13.2 Å². The van der Waals surface area contributed by atoms with Crippen molar-refractivity contribution in [1.29, 1.82) is 0 Å². The van der Waals surface area contributed by atoms with Gasteiger partial charge in [-0.15, -0.1) is 0 Å². The second kappa shape index (κ2) is 6.47. The van der Waals surface area contributed by atoms with Crippen LogP contribution < -0.4 is 10.0 Å². The summed E-state index contributed by atoms with van der Waals surface area (Å²) in [6.45, 7) is 2.25. The van der Waals surface area contributed by atoms with E-state index in [0.29, 0.717) is 25.3 Å². The first-order chi connectivity index (χ1) is 9.13. The summed E-state index contributed by atoms with van der Waals surface area (Å²) < 4.78 is 32.3. The summed E-state index contributed by atoms with van der Waals surface area (Å²) in [5, 5.41) is 9.39. The first-order valence-electron chi connectivity index (χ1n) is 6.37. The van der Waals surface area contributed by atoms with Gasteiger partial charge in [0, 0.05) is 25.3 Å². The van der Waals surface area contributed by atoms with Gasteiger partial charge in [-0.25, -0.2) is 13.1 Å². The third-order valence-electron chi connectivity index (χ3n) is 3.13. The molecule has 7 nitrogen and oxygen atoms in total. The van der Waals surface area contributed by atoms with Crippen LogP contribution in [-0.4, -0.2) is 45.4 Å². The molecule has 19 heavy (non-hydrogen) atoms. The zero-order valence-electron chi connectivity index (χ0n) is 11.0. The van der Waals surface area contributed by atoms with Crippen molar-refractivity contribution in [3.63, 3.8) is 0 Å². The zero-order chi connectivity index (χ0) is 13.7. The van der Waals surface area contributed by atoms with E-state index < -0.39 is 10.0 Å². The van der Waals surface area contributed by atoms with Gasteiger partial charge in [-0.2, -0.15) is 5.10 Å². The summed E-state index contributed by atoms with van der Waals surface area (Å²) in [5.74, 6) is 0.249. The molecule has 1 atom stereocenters. The van der Waals surface area contributed by atoms with Crippen molar-refractivity contribution in [2.75, 3.05) is 26.8 Å². The standard InChI is InChI=1S/C11H20N4O3S/c1-12-6-10-7-13-15-11(10)19(16,17)14-5-9-3-2-4-18-8-9/h7,9,12,14H,2-6,8H2,1H3,(H,13,15). The fraction of sp³-hybridized carbons (Fsp3) is 0.727. The average Bonchev–Trinajstić information content (AvgIpc) is 2.87. The summed E-state index contributed by atoms with van der Waals surface area (Å²) in [7, 11) is -1.77.